The van der Waals surface area contributed by atoms with E-state index in [1.165, 1.54) is 5.56 Å². The third kappa shape index (κ3) is 3.45. The van der Waals surface area contributed by atoms with Crippen molar-refractivity contribution >= 4 is 17.5 Å². The summed E-state index contributed by atoms with van der Waals surface area (Å²) in [5, 5.41) is 0. The van der Waals surface area contributed by atoms with Gasteiger partial charge in [-0.05, 0) is 24.6 Å². The van der Waals surface area contributed by atoms with Gasteiger partial charge in [0.25, 0.3) is 0 Å². The minimum absolute atomic E-state index is 0.0357. The van der Waals surface area contributed by atoms with Gasteiger partial charge in [0.05, 0.1) is 17.8 Å². The molecule has 0 aliphatic carbocycles. The van der Waals surface area contributed by atoms with Gasteiger partial charge < -0.3 is 9.80 Å². The lowest BCUT2D eigenvalue weighted by molar-refractivity contribution is -0.128. The van der Waals surface area contributed by atoms with Crippen LogP contribution in [0.5, 0.6) is 0 Å². The quantitative estimate of drug-likeness (QED) is 0.868. The van der Waals surface area contributed by atoms with E-state index in [0.29, 0.717) is 13.1 Å². The van der Waals surface area contributed by atoms with Gasteiger partial charge in [0.15, 0.2) is 0 Å². The van der Waals surface area contributed by atoms with Crippen LogP contribution in [0.3, 0.4) is 0 Å². The van der Waals surface area contributed by atoms with Gasteiger partial charge in [-0.15, -0.1) is 0 Å². The molecule has 24 heavy (non-hydrogen) atoms. The lowest BCUT2D eigenvalue weighted by atomic mass is 10.1. The Balaban J connectivity index is 1.65. The maximum Gasteiger partial charge on any atom is 0.232 e. The number of benzene rings is 1. The van der Waals surface area contributed by atoms with Crippen molar-refractivity contribution in [1.82, 2.24) is 9.88 Å². The SMILES string of the molecule is Cc1ccc(CN2C[C@H](C(=O)N(C)c3cccnc3)CC2=O)cc1. The van der Waals surface area contributed by atoms with Crippen molar-refractivity contribution in [2.45, 2.75) is 19.9 Å². The second-order valence-electron chi connectivity index (χ2n) is 6.27. The zero-order chi connectivity index (χ0) is 17.1. The molecule has 1 atom stereocenters. The average molecular weight is 323 g/mol. The van der Waals surface area contributed by atoms with E-state index in [1.807, 2.05) is 37.3 Å². The van der Waals surface area contributed by atoms with Crippen LogP contribution in [0.15, 0.2) is 48.8 Å². The summed E-state index contributed by atoms with van der Waals surface area (Å²) in [6.07, 6.45) is 3.60. The number of amides is 2. The minimum Gasteiger partial charge on any atom is -0.338 e. The average Bonchev–Trinajstić information content (AvgIpc) is 2.97. The minimum atomic E-state index is -0.298. The lowest BCUT2D eigenvalue weighted by Gasteiger charge is -2.21. The van der Waals surface area contributed by atoms with Gasteiger partial charge in [-0.3, -0.25) is 14.6 Å². The van der Waals surface area contributed by atoms with Gasteiger partial charge in [0.1, 0.15) is 0 Å². The Labute approximate surface area is 141 Å². The van der Waals surface area contributed by atoms with Crippen molar-refractivity contribution in [1.29, 1.82) is 0 Å². The fraction of sp³-hybridized carbons (Fsp3) is 0.316. The van der Waals surface area contributed by atoms with E-state index in [2.05, 4.69) is 4.98 Å². The Morgan fingerprint density at radius 3 is 2.71 bits per heavy atom. The van der Waals surface area contributed by atoms with Crippen molar-refractivity contribution in [2.24, 2.45) is 5.92 Å². The number of carbonyl (C=O) groups excluding carboxylic acids is 2. The summed E-state index contributed by atoms with van der Waals surface area (Å²) >= 11 is 0. The first-order chi connectivity index (χ1) is 11.5. The molecule has 2 aromatic rings. The summed E-state index contributed by atoms with van der Waals surface area (Å²) in [6.45, 7) is 3.06. The zero-order valence-electron chi connectivity index (χ0n) is 14.0. The molecule has 1 aliphatic rings. The molecule has 3 rings (SSSR count). The Morgan fingerprint density at radius 2 is 2.04 bits per heavy atom. The highest BCUT2D eigenvalue weighted by Gasteiger charge is 2.35. The molecule has 1 saturated heterocycles. The van der Waals surface area contributed by atoms with E-state index in [0.717, 1.165) is 11.3 Å². The number of aromatic nitrogens is 1. The molecule has 1 fully saturated rings. The van der Waals surface area contributed by atoms with E-state index in [4.69, 9.17) is 0 Å². The molecule has 0 spiro atoms. The maximum atomic E-state index is 12.7. The summed E-state index contributed by atoms with van der Waals surface area (Å²) < 4.78 is 0. The third-order valence-corrected chi connectivity index (χ3v) is 4.42. The molecule has 0 unspecified atom stereocenters. The van der Waals surface area contributed by atoms with Crippen LogP contribution in [-0.2, 0) is 16.1 Å². The summed E-state index contributed by atoms with van der Waals surface area (Å²) in [5.74, 6) is -0.301. The van der Waals surface area contributed by atoms with Gasteiger partial charge in [0.2, 0.25) is 11.8 Å². The molecule has 5 heteroatoms. The largest absolute Gasteiger partial charge is 0.338 e. The highest BCUT2D eigenvalue weighted by Crippen LogP contribution is 2.24. The standard InChI is InChI=1S/C19H21N3O2/c1-14-5-7-15(8-6-14)12-22-13-16(10-18(22)23)19(24)21(2)17-4-3-9-20-11-17/h3-9,11,16H,10,12-13H2,1-2H3/t16-/m1/s1. The number of pyridine rings is 1. The van der Waals surface area contributed by atoms with E-state index in [9.17, 15) is 9.59 Å². The number of nitrogens with zero attached hydrogens (tertiary/aromatic N) is 3. The summed E-state index contributed by atoms with van der Waals surface area (Å²) in [7, 11) is 1.73. The predicted octanol–water partition coefficient (Wildman–Crippen LogP) is 2.40. The Hall–Kier alpha value is -2.69. The Bertz CT molecular complexity index is 728. The number of aryl methyl sites for hydroxylation is 1. The van der Waals surface area contributed by atoms with Gasteiger partial charge in [-0.1, -0.05) is 29.8 Å². The second kappa shape index (κ2) is 6.83. The van der Waals surface area contributed by atoms with Crippen molar-refractivity contribution in [2.75, 3.05) is 18.5 Å². The molecular formula is C19H21N3O2. The van der Waals surface area contributed by atoms with Gasteiger partial charge in [-0.25, -0.2) is 0 Å². The molecule has 0 radical (unpaired) electrons. The lowest BCUT2D eigenvalue weighted by Crippen LogP contribution is -2.34. The van der Waals surface area contributed by atoms with Crippen LogP contribution >= 0.6 is 0 Å². The second-order valence-corrected chi connectivity index (χ2v) is 6.27. The van der Waals surface area contributed by atoms with Crippen molar-refractivity contribution in [3.63, 3.8) is 0 Å². The van der Waals surface area contributed by atoms with E-state index in [-0.39, 0.29) is 24.2 Å². The third-order valence-electron chi connectivity index (χ3n) is 4.42. The summed E-state index contributed by atoms with van der Waals surface area (Å²) in [5.41, 5.74) is 3.02. The zero-order valence-corrected chi connectivity index (χ0v) is 14.0. The number of rotatable bonds is 4. The number of hydrogen-bond acceptors (Lipinski definition) is 3. The monoisotopic (exact) mass is 323 g/mol. The van der Waals surface area contributed by atoms with E-state index >= 15 is 0 Å². The highest BCUT2D eigenvalue weighted by molar-refractivity contribution is 5.98. The molecule has 0 bridgehead atoms. The molecule has 2 amide bonds. The number of hydrogen-bond donors (Lipinski definition) is 0. The Morgan fingerprint density at radius 1 is 1.29 bits per heavy atom. The fourth-order valence-electron chi connectivity index (χ4n) is 2.96. The molecule has 5 nitrogen and oxygen atoms in total. The molecular weight excluding hydrogens is 302 g/mol. The van der Waals surface area contributed by atoms with E-state index in [1.54, 1.807) is 35.3 Å². The summed E-state index contributed by atoms with van der Waals surface area (Å²) in [4.78, 5) is 32.3. The van der Waals surface area contributed by atoms with E-state index < -0.39 is 0 Å². The van der Waals surface area contributed by atoms with Crippen LogP contribution in [0.1, 0.15) is 17.5 Å². The Kier molecular flexibility index (Phi) is 4.60. The molecule has 124 valence electrons. The first kappa shape index (κ1) is 16.2. The van der Waals surface area contributed by atoms with Crippen LogP contribution in [0.2, 0.25) is 0 Å². The normalized spacial score (nSPS) is 17.2. The maximum absolute atomic E-state index is 12.7. The van der Waals surface area contributed by atoms with Crippen LogP contribution in [-0.4, -0.2) is 35.3 Å². The molecule has 2 heterocycles. The molecule has 0 N–H and O–H groups in total. The molecule has 1 aromatic heterocycles. The smallest absolute Gasteiger partial charge is 0.232 e. The van der Waals surface area contributed by atoms with Crippen molar-refractivity contribution in [3.05, 3.63) is 59.9 Å². The molecule has 1 aliphatic heterocycles. The highest BCUT2D eigenvalue weighted by atomic mass is 16.2. The van der Waals surface area contributed by atoms with Crippen molar-refractivity contribution in [3.8, 4) is 0 Å². The van der Waals surface area contributed by atoms with Crippen LogP contribution in [0.25, 0.3) is 0 Å². The molecule has 1 aromatic carbocycles. The predicted molar refractivity (Wildman–Crippen MR) is 92.4 cm³/mol. The number of anilines is 1. The van der Waals surface area contributed by atoms with Gasteiger partial charge in [0, 0.05) is 32.8 Å². The van der Waals surface area contributed by atoms with Crippen molar-refractivity contribution < 1.29 is 9.59 Å². The fourth-order valence-corrected chi connectivity index (χ4v) is 2.96. The summed E-state index contributed by atoms with van der Waals surface area (Å²) in [6, 6.07) is 11.8. The van der Waals surface area contributed by atoms with Gasteiger partial charge >= 0.3 is 0 Å². The van der Waals surface area contributed by atoms with Crippen LogP contribution < -0.4 is 4.90 Å². The van der Waals surface area contributed by atoms with Crippen LogP contribution in [0.4, 0.5) is 5.69 Å². The van der Waals surface area contributed by atoms with Gasteiger partial charge in [-0.2, -0.15) is 0 Å². The van der Waals surface area contributed by atoms with Crippen LogP contribution in [0, 0.1) is 12.8 Å². The topological polar surface area (TPSA) is 53.5 Å². The molecule has 0 saturated carbocycles. The number of likely N-dealkylation sites (tertiary alicyclic amines) is 1. The number of carbonyl (C=O) groups is 2. The first-order valence-electron chi connectivity index (χ1n) is 8.05. The first-order valence-corrected chi connectivity index (χ1v) is 8.05.